The number of nitrogens with two attached hydrogens (primary N) is 1. The average molecular weight is 264 g/mol. The lowest BCUT2D eigenvalue weighted by molar-refractivity contribution is 0.0698. The van der Waals surface area contributed by atoms with Crippen LogP contribution in [0, 0.1) is 5.82 Å². The molecule has 19 heavy (non-hydrogen) atoms. The minimum absolute atomic E-state index is 0.194. The molecule has 1 aromatic rings. The minimum atomic E-state index is -1.22. The van der Waals surface area contributed by atoms with Crippen molar-refractivity contribution in [1.29, 1.82) is 0 Å². The van der Waals surface area contributed by atoms with Crippen LogP contribution in [-0.2, 0) is 0 Å². The summed E-state index contributed by atoms with van der Waals surface area (Å²) in [5, 5.41) is 12.1. The van der Waals surface area contributed by atoms with Crippen LogP contribution in [0.3, 0.4) is 0 Å². The van der Waals surface area contributed by atoms with Crippen molar-refractivity contribution < 1.29 is 14.3 Å². The molecule has 0 fully saturated rings. The fraction of sp³-hybridized carbons (Fsp3) is 0.357. The van der Waals surface area contributed by atoms with Crippen LogP contribution in [0.5, 0.6) is 0 Å². The summed E-state index contributed by atoms with van der Waals surface area (Å²) >= 11 is 0. The van der Waals surface area contributed by atoms with Gasteiger partial charge in [0.1, 0.15) is 11.4 Å². The largest absolute Gasteiger partial charge is 0.478 e. The summed E-state index contributed by atoms with van der Waals surface area (Å²) in [4.78, 5) is 11.1. The quantitative estimate of drug-likeness (QED) is 0.564. The second kappa shape index (κ2) is 5.73. The highest BCUT2D eigenvalue weighted by Gasteiger charge is 2.17. The molecule has 0 heterocycles. The van der Waals surface area contributed by atoms with Gasteiger partial charge in [0.15, 0.2) is 0 Å². The van der Waals surface area contributed by atoms with Gasteiger partial charge in [-0.1, -0.05) is 11.6 Å². The van der Waals surface area contributed by atoms with Gasteiger partial charge in [0.05, 0.1) is 11.4 Å². The molecule has 0 saturated carbocycles. The molecule has 1 aliphatic rings. The lowest BCUT2D eigenvalue weighted by atomic mass is 10.1. The van der Waals surface area contributed by atoms with Crippen molar-refractivity contribution in [2.75, 3.05) is 17.6 Å². The Morgan fingerprint density at radius 1 is 1.47 bits per heavy atom. The number of hydrogen-bond acceptors (Lipinski definition) is 3. The van der Waals surface area contributed by atoms with E-state index < -0.39 is 11.8 Å². The zero-order valence-electron chi connectivity index (χ0n) is 10.6. The maximum absolute atomic E-state index is 13.3. The highest BCUT2D eigenvalue weighted by atomic mass is 19.1. The number of carbonyl (C=O) groups is 1. The van der Waals surface area contributed by atoms with E-state index in [1.54, 1.807) is 0 Å². The van der Waals surface area contributed by atoms with E-state index in [1.165, 1.54) is 24.1 Å². The van der Waals surface area contributed by atoms with Gasteiger partial charge in [0, 0.05) is 6.54 Å². The Morgan fingerprint density at radius 2 is 2.26 bits per heavy atom. The SMILES string of the molecule is Nc1c(F)ccc(NCCC2=CCCC2)c1C(=O)O. The number of nitrogens with one attached hydrogen (secondary N) is 1. The molecule has 0 atom stereocenters. The monoisotopic (exact) mass is 264 g/mol. The number of carboxylic acids is 1. The molecule has 0 spiro atoms. The maximum atomic E-state index is 13.3. The van der Waals surface area contributed by atoms with E-state index in [-0.39, 0.29) is 11.3 Å². The number of rotatable bonds is 5. The van der Waals surface area contributed by atoms with Gasteiger partial charge in [-0.05, 0) is 37.8 Å². The summed E-state index contributed by atoms with van der Waals surface area (Å²) in [6.45, 7) is 0.622. The highest BCUT2D eigenvalue weighted by Crippen LogP contribution is 2.26. The third-order valence-electron chi connectivity index (χ3n) is 3.30. The van der Waals surface area contributed by atoms with Gasteiger partial charge >= 0.3 is 5.97 Å². The molecule has 5 heteroatoms. The molecule has 1 aromatic carbocycles. The average Bonchev–Trinajstić information content (AvgIpc) is 2.86. The first kappa shape index (κ1) is 13.4. The first-order chi connectivity index (χ1) is 9.09. The van der Waals surface area contributed by atoms with Gasteiger partial charge in [0.2, 0.25) is 0 Å². The van der Waals surface area contributed by atoms with E-state index in [9.17, 15) is 9.18 Å². The number of carboxylic acid groups (broad SMARTS) is 1. The van der Waals surface area contributed by atoms with Crippen LogP contribution >= 0.6 is 0 Å². The van der Waals surface area contributed by atoms with Gasteiger partial charge in [-0.15, -0.1) is 0 Å². The van der Waals surface area contributed by atoms with Crippen molar-refractivity contribution in [2.24, 2.45) is 0 Å². The summed E-state index contributed by atoms with van der Waals surface area (Å²) in [6.07, 6.45) is 6.52. The first-order valence-corrected chi connectivity index (χ1v) is 6.32. The molecule has 4 N–H and O–H groups in total. The number of halogens is 1. The molecule has 1 aliphatic carbocycles. The van der Waals surface area contributed by atoms with Crippen LogP contribution in [0.4, 0.5) is 15.8 Å². The molecule has 0 unspecified atom stereocenters. The minimum Gasteiger partial charge on any atom is -0.478 e. The second-order valence-electron chi connectivity index (χ2n) is 4.62. The molecule has 0 aliphatic heterocycles. The molecular formula is C14H17FN2O2. The Balaban J connectivity index is 2.07. The van der Waals surface area contributed by atoms with E-state index in [0.717, 1.165) is 19.3 Å². The lowest BCUT2D eigenvalue weighted by Crippen LogP contribution is -2.11. The summed E-state index contributed by atoms with van der Waals surface area (Å²) < 4.78 is 13.3. The van der Waals surface area contributed by atoms with Crippen LogP contribution in [0.2, 0.25) is 0 Å². The van der Waals surface area contributed by atoms with E-state index >= 15 is 0 Å². The van der Waals surface area contributed by atoms with Gasteiger partial charge in [-0.2, -0.15) is 0 Å². The van der Waals surface area contributed by atoms with Crippen molar-refractivity contribution in [3.63, 3.8) is 0 Å². The number of hydrogen-bond donors (Lipinski definition) is 3. The summed E-state index contributed by atoms with van der Waals surface area (Å²) in [5.41, 5.74) is 6.71. The Morgan fingerprint density at radius 3 is 2.89 bits per heavy atom. The Kier molecular flexibility index (Phi) is 4.04. The summed E-state index contributed by atoms with van der Waals surface area (Å²) in [5.74, 6) is -1.93. The zero-order valence-corrected chi connectivity index (χ0v) is 10.6. The molecule has 0 bridgehead atoms. The van der Waals surface area contributed by atoms with Gasteiger partial charge in [-0.3, -0.25) is 0 Å². The van der Waals surface area contributed by atoms with Crippen LogP contribution < -0.4 is 11.1 Å². The number of anilines is 2. The molecule has 102 valence electrons. The smallest absolute Gasteiger partial charge is 0.340 e. The number of aromatic carboxylic acids is 1. The summed E-state index contributed by atoms with van der Waals surface area (Å²) in [7, 11) is 0. The number of benzene rings is 1. The van der Waals surface area contributed by atoms with Crippen molar-refractivity contribution in [2.45, 2.75) is 25.7 Å². The van der Waals surface area contributed by atoms with Crippen LogP contribution in [-0.4, -0.2) is 17.6 Å². The Hall–Kier alpha value is -2.04. The third-order valence-corrected chi connectivity index (χ3v) is 3.30. The normalized spacial score (nSPS) is 14.3. The van der Waals surface area contributed by atoms with Crippen molar-refractivity contribution >= 4 is 17.3 Å². The van der Waals surface area contributed by atoms with Gasteiger partial charge < -0.3 is 16.2 Å². The van der Waals surface area contributed by atoms with Crippen LogP contribution in [0.25, 0.3) is 0 Å². The predicted octanol–water partition coefficient (Wildman–Crippen LogP) is 3.02. The summed E-state index contributed by atoms with van der Waals surface area (Å²) in [6, 6.07) is 2.59. The van der Waals surface area contributed by atoms with E-state index in [0.29, 0.717) is 12.2 Å². The molecular weight excluding hydrogens is 247 g/mol. The molecule has 4 nitrogen and oxygen atoms in total. The Labute approximate surface area is 111 Å². The van der Waals surface area contributed by atoms with Crippen molar-refractivity contribution in [3.05, 3.63) is 35.2 Å². The van der Waals surface area contributed by atoms with Crippen LogP contribution in [0.1, 0.15) is 36.0 Å². The second-order valence-corrected chi connectivity index (χ2v) is 4.62. The third kappa shape index (κ3) is 3.05. The van der Waals surface area contributed by atoms with Crippen molar-refractivity contribution in [3.8, 4) is 0 Å². The number of nitrogen functional groups attached to an aromatic ring is 1. The number of allylic oxidation sites excluding steroid dienone is 1. The molecule has 0 aromatic heterocycles. The molecule has 0 amide bonds. The topological polar surface area (TPSA) is 75.3 Å². The molecule has 0 saturated heterocycles. The van der Waals surface area contributed by atoms with E-state index in [1.807, 2.05) is 0 Å². The first-order valence-electron chi connectivity index (χ1n) is 6.32. The zero-order chi connectivity index (χ0) is 13.8. The van der Waals surface area contributed by atoms with Gasteiger partial charge in [-0.25, -0.2) is 9.18 Å². The van der Waals surface area contributed by atoms with Crippen molar-refractivity contribution in [1.82, 2.24) is 0 Å². The highest BCUT2D eigenvalue weighted by molar-refractivity contribution is 6.00. The van der Waals surface area contributed by atoms with Crippen LogP contribution in [0.15, 0.2) is 23.8 Å². The molecule has 0 radical (unpaired) electrons. The lowest BCUT2D eigenvalue weighted by Gasteiger charge is -2.12. The van der Waals surface area contributed by atoms with Gasteiger partial charge in [0.25, 0.3) is 0 Å². The predicted molar refractivity (Wildman–Crippen MR) is 72.8 cm³/mol. The maximum Gasteiger partial charge on any atom is 0.340 e. The fourth-order valence-corrected chi connectivity index (χ4v) is 2.29. The fourth-order valence-electron chi connectivity index (χ4n) is 2.29. The Bertz CT molecular complexity index is 526. The molecule has 2 rings (SSSR count). The van der Waals surface area contributed by atoms with E-state index in [4.69, 9.17) is 10.8 Å². The standard InChI is InChI=1S/C14H17FN2O2/c15-10-5-6-11(12(13(10)16)14(18)19)17-8-7-9-3-1-2-4-9/h3,5-6,17H,1-2,4,7-8,16H2,(H,18,19). The van der Waals surface area contributed by atoms with E-state index in [2.05, 4.69) is 11.4 Å².